The molecule has 1 amide bonds. The van der Waals surface area contributed by atoms with Gasteiger partial charge < -0.3 is 19.5 Å². The van der Waals surface area contributed by atoms with Crippen LogP contribution in [0.5, 0.6) is 0 Å². The largest absolute Gasteiger partial charge is 0.460 e. The summed E-state index contributed by atoms with van der Waals surface area (Å²) >= 11 is 0. The molecule has 0 aliphatic rings. The molecule has 37 heavy (non-hydrogen) atoms. The fraction of sp³-hybridized carbons (Fsp3) is 0.448. The molecule has 0 fully saturated rings. The van der Waals surface area contributed by atoms with Crippen LogP contribution in [0.3, 0.4) is 0 Å². The molecule has 0 saturated carbocycles. The molecule has 0 aliphatic heterocycles. The first kappa shape index (κ1) is 29.5. The van der Waals surface area contributed by atoms with Crippen LogP contribution in [0.25, 0.3) is 0 Å². The number of amides is 1. The van der Waals surface area contributed by atoms with Crippen molar-refractivity contribution < 1.29 is 33.4 Å². The van der Waals surface area contributed by atoms with Gasteiger partial charge in [-0.15, -0.1) is 0 Å². The summed E-state index contributed by atoms with van der Waals surface area (Å²) in [5.74, 6) is -3.96. The lowest BCUT2D eigenvalue weighted by atomic mass is 9.90. The molecule has 2 rings (SSSR count). The Morgan fingerprint density at radius 1 is 0.811 bits per heavy atom. The van der Waals surface area contributed by atoms with Crippen LogP contribution in [0, 0.1) is 11.8 Å². The number of ether oxygens (including phenoxy) is 3. The maximum Gasteiger partial charge on any atom is 0.408 e. The van der Waals surface area contributed by atoms with Crippen LogP contribution in [0.2, 0.25) is 0 Å². The van der Waals surface area contributed by atoms with Crippen LogP contribution < -0.4 is 5.32 Å². The van der Waals surface area contributed by atoms with E-state index >= 15 is 0 Å². The van der Waals surface area contributed by atoms with E-state index in [2.05, 4.69) is 5.32 Å². The molecule has 0 spiro atoms. The highest BCUT2D eigenvalue weighted by molar-refractivity contribution is 6.00. The standard InChI is InChI=1S/C29H37NO7/c1-6-20(2)25(30-28(34)37-29(3,4)5)24(31)17-23(26(32)35-18-21-13-9-7-10-14-21)27(33)36-19-22-15-11-8-12-16-22/h7-16,20,23,25H,6,17-19H2,1-5H3,(H,30,34)/t20-,25+/m1/s1. The first-order valence-corrected chi connectivity index (χ1v) is 12.4. The highest BCUT2D eigenvalue weighted by Crippen LogP contribution is 2.19. The molecule has 0 radical (unpaired) electrons. The predicted octanol–water partition coefficient (Wildman–Crippen LogP) is 4.99. The van der Waals surface area contributed by atoms with E-state index in [9.17, 15) is 19.2 Å². The molecule has 8 nitrogen and oxygen atoms in total. The Balaban J connectivity index is 2.18. The molecule has 0 bridgehead atoms. The van der Waals surface area contributed by atoms with Crippen LogP contribution in [0.15, 0.2) is 60.7 Å². The second kappa shape index (κ2) is 14.2. The van der Waals surface area contributed by atoms with E-state index in [1.54, 1.807) is 76.2 Å². The Kier molecular flexibility index (Phi) is 11.3. The van der Waals surface area contributed by atoms with Crippen LogP contribution >= 0.6 is 0 Å². The van der Waals surface area contributed by atoms with Crippen molar-refractivity contribution in [1.29, 1.82) is 0 Å². The van der Waals surface area contributed by atoms with Crippen molar-refractivity contribution in [1.82, 2.24) is 5.32 Å². The third-order valence-electron chi connectivity index (χ3n) is 5.65. The summed E-state index contributed by atoms with van der Waals surface area (Å²) in [5, 5.41) is 2.61. The van der Waals surface area contributed by atoms with E-state index < -0.39 is 47.8 Å². The smallest absolute Gasteiger partial charge is 0.408 e. The van der Waals surface area contributed by atoms with Gasteiger partial charge >= 0.3 is 18.0 Å². The van der Waals surface area contributed by atoms with Crippen molar-refractivity contribution in [3.05, 3.63) is 71.8 Å². The normalized spacial score (nSPS) is 12.8. The number of nitrogens with one attached hydrogen (secondary N) is 1. The van der Waals surface area contributed by atoms with Gasteiger partial charge in [-0.1, -0.05) is 80.9 Å². The molecule has 2 atom stereocenters. The molecule has 1 N–H and O–H groups in total. The van der Waals surface area contributed by atoms with Gasteiger partial charge in [-0.2, -0.15) is 0 Å². The van der Waals surface area contributed by atoms with Gasteiger partial charge in [-0.25, -0.2) is 4.79 Å². The monoisotopic (exact) mass is 511 g/mol. The molecule has 200 valence electrons. The Hall–Kier alpha value is -3.68. The zero-order valence-corrected chi connectivity index (χ0v) is 22.2. The van der Waals surface area contributed by atoms with Gasteiger partial charge in [0, 0.05) is 6.42 Å². The van der Waals surface area contributed by atoms with Crippen LogP contribution in [-0.2, 0) is 41.8 Å². The number of alkyl carbamates (subject to hydrolysis) is 1. The Morgan fingerprint density at radius 3 is 1.68 bits per heavy atom. The molecular weight excluding hydrogens is 474 g/mol. The maximum absolute atomic E-state index is 13.3. The van der Waals surface area contributed by atoms with Crippen molar-refractivity contribution >= 4 is 23.8 Å². The first-order chi connectivity index (χ1) is 17.5. The number of hydrogen-bond acceptors (Lipinski definition) is 7. The zero-order valence-electron chi connectivity index (χ0n) is 22.2. The molecule has 0 unspecified atom stereocenters. The summed E-state index contributed by atoms with van der Waals surface area (Å²) in [4.78, 5) is 51.7. The minimum atomic E-state index is -1.48. The summed E-state index contributed by atoms with van der Waals surface area (Å²) in [6, 6.07) is 17.1. The molecular formula is C29H37NO7. The Morgan fingerprint density at radius 2 is 1.27 bits per heavy atom. The second-order valence-electron chi connectivity index (χ2n) is 9.92. The van der Waals surface area contributed by atoms with Crippen molar-refractivity contribution in [3.63, 3.8) is 0 Å². The molecule has 0 aliphatic carbocycles. The van der Waals surface area contributed by atoms with E-state index in [-0.39, 0.29) is 19.1 Å². The fourth-order valence-corrected chi connectivity index (χ4v) is 3.46. The van der Waals surface area contributed by atoms with Crippen LogP contribution in [0.4, 0.5) is 4.79 Å². The highest BCUT2D eigenvalue weighted by atomic mass is 16.6. The quantitative estimate of drug-likeness (QED) is 0.243. The fourth-order valence-electron chi connectivity index (χ4n) is 3.46. The SMILES string of the molecule is CC[C@@H](C)[C@H](NC(=O)OC(C)(C)C)C(=O)CC(C(=O)OCc1ccccc1)C(=O)OCc1ccccc1. The average molecular weight is 512 g/mol. The second-order valence-corrected chi connectivity index (χ2v) is 9.92. The summed E-state index contributed by atoms with van der Waals surface area (Å²) in [7, 11) is 0. The van der Waals surface area contributed by atoms with E-state index in [0.717, 1.165) is 11.1 Å². The van der Waals surface area contributed by atoms with Crippen molar-refractivity contribution in [3.8, 4) is 0 Å². The van der Waals surface area contributed by atoms with Gasteiger partial charge in [0.15, 0.2) is 11.7 Å². The molecule has 2 aromatic rings. The summed E-state index contributed by atoms with van der Waals surface area (Å²) < 4.78 is 16.1. The molecule has 0 aromatic heterocycles. The Bertz CT molecular complexity index is 976. The van der Waals surface area contributed by atoms with Gasteiger partial charge in [0.2, 0.25) is 0 Å². The van der Waals surface area contributed by atoms with Gasteiger partial charge in [-0.05, 0) is 37.8 Å². The topological polar surface area (TPSA) is 108 Å². The minimum absolute atomic E-state index is 0.0543. The number of carbonyl (C=O) groups is 4. The summed E-state index contributed by atoms with van der Waals surface area (Å²) in [6.07, 6.45) is -0.652. The van der Waals surface area contributed by atoms with Crippen molar-refractivity contribution in [2.75, 3.05) is 0 Å². The van der Waals surface area contributed by atoms with E-state index in [4.69, 9.17) is 14.2 Å². The van der Waals surface area contributed by atoms with E-state index in [1.807, 2.05) is 19.1 Å². The number of hydrogen-bond donors (Lipinski definition) is 1. The third-order valence-corrected chi connectivity index (χ3v) is 5.65. The number of Topliss-reactive ketones (excluding diaryl/α,β-unsaturated/α-hetero) is 1. The number of esters is 2. The average Bonchev–Trinajstić information content (AvgIpc) is 2.87. The van der Waals surface area contributed by atoms with E-state index in [1.165, 1.54) is 0 Å². The number of carbonyl (C=O) groups excluding carboxylic acids is 4. The van der Waals surface area contributed by atoms with Crippen LogP contribution in [0.1, 0.15) is 58.6 Å². The highest BCUT2D eigenvalue weighted by Gasteiger charge is 2.37. The van der Waals surface area contributed by atoms with Gasteiger partial charge in [-0.3, -0.25) is 14.4 Å². The predicted molar refractivity (Wildman–Crippen MR) is 138 cm³/mol. The van der Waals surface area contributed by atoms with Gasteiger partial charge in [0.1, 0.15) is 18.8 Å². The summed E-state index contributed by atoms with van der Waals surface area (Å²) in [6.45, 7) is 8.72. The molecule has 8 heteroatoms. The third kappa shape index (κ3) is 10.5. The van der Waals surface area contributed by atoms with Gasteiger partial charge in [0.05, 0.1) is 6.04 Å². The maximum atomic E-state index is 13.3. The Labute approximate surface area is 218 Å². The lowest BCUT2D eigenvalue weighted by Gasteiger charge is -2.27. The number of rotatable bonds is 12. The number of benzene rings is 2. The summed E-state index contributed by atoms with van der Waals surface area (Å²) in [5.41, 5.74) is 0.725. The minimum Gasteiger partial charge on any atom is -0.460 e. The van der Waals surface area contributed by atoms with Gasteiger partial charge in [0.25, 0.3) is 0 Å². The van der Waals surface area contributed by atoms with E-state index in [0.29, 0.717) is 6.42 Å². The lowest BCUT2D eigenvalue weighted by Crippen LogP contribution is -2.48. The first-order valence-electron chi connectivity index (χ1n) is 12.4. The van der Waals surface area contributed by atoms with Crippen LogP contribution in [-0.4, -0.2) is 35.5 Å². The number of ketones is 1. The lowest BCUT2D eigenvalue weighted by molar-refractivity contribution is -0.165. The molecule has 2 aromatic carbocycles. The molecule has 0 heterocycles. The zero-order chi connectivity index (χ0) is 27.4. The molecule has 0 saturated heterocycles. The van der Waals surface area contributed by atoms with Crippen molar-refractivity contribution in [2.24, 2.45) is 11.8 Å². The van der Waals surface area contributed by atoms with Crippen molar-refractivity contribution in [2.45, 2.75) is 72.3 Å².